The minimum absolute atomic E-state index is 0.0688. The fourth-order valence-corrected chi connectivity index (χ4v) is 5.35. The molecule has 4 aromatic rings. The summed E-state index contributed by atoms with van der Waals surface area (Å²) in [6, 6.07) is 16.3. The Morgan fingerprint density at radius 3 is 2.41 bits per heavy atom. The van der Waals surface area contributed by atoms with Crippen LogP contribution >= 0.6 is 31.9 Å². The van der Waals surface area contributed by atoms with Crippen molar-refractivity contribution in [3.05, 3.63) is 79.5 Å². The number of nitrogens with one attached hydrogen (secondary N) is 1. The van der Waals surface area contributed by atoms with E-state index in [2.05, 4.69) is 52.3 Å². The third-order valence-corrected chi connectivity index (χ3v) is 6.81. The zero-order valence-electron chi connectivity index (χ0n) is 18.1. The second-order valence-corrected chi connectivity index (χ2v) is 9.88. The molecule has 1 amide bonds. The first-order valence-corrected chi connectivity index (χ1v) is 12.5. The molecule has 2 aromatic carbocycles. The van der Waals surface area contributed by atoms with Crippen LogP contribution < -0.4 is 15.8 Å². The van der Waals surface area contributed by atoms with Crippen molar-refractivity contribution >= 4 is 60.2 Å². The Balaban J connectivity index is 1.32. The van der Waals surface area contributed by atoms with Crippen LogP contribution in [0, 0.1) is 0 Å². The van der Waals surface area contributed by atoms with E-state index < -0.39 is 11.5 Å². The van der Waals surface area contributed by atoms with Crippen molar-refractivity contribution in [2.45, 2.75) is 19.3 Å². The first kappa shape index (κ1) is 22.7. The van der Waals surface area contributed by atoms with Crippen molar-refractivity contribution in [2.75, 3.05) is 23.3 Å². The van der Waals surface area contributed by atoms with Crippen LogP contribution in [-0.4, -0.2) is 29.2 Å². The quantitative estimate of drug-likeness (QED) is 0.296. The maximum Gasteiger partial charge on any atom is 0.349 e. The summed E-state index contributed by atoms with van der Waals surface area (Å²) in [6.07, 6.45) is 3.64. The van der Waals surface area contributed by atoms with Gasteiger partial charge in [0.05, 0.1) is 10.2 Å². The van der Waals surface area contributed by atoms with E-state index in [1.165, 1.54) is 25.3 Å². The molecule has 172 valence electrons. The fraction of sp³-hybridized carbons (Fsp3) is 0.200. The van der Waals surface area contributed by atoms with Gasteiger partial charge in [-0.15, -0.1) is 10.2 Å². The van der Waals surface area contributed by atoms with Gasteiger partial charge in [0.2, 0.25) is 0 Å². The molecule has 0 aliphatic carbocycles. The molecule has 7 nitrogen and oxygen atoms in total. The summed E-state index contributed by atoms with van der Waals surface area (Å²) in [5.41, 5.74) is 1.82. The van der Waals surface area contributed by atoms with E-state index in [4.69, 9.17) is 4.42 Å². The normalized spacial score (nSPS) is 13.8. The number of nitrogens with zero attached hydrogens (tertiary/aromatic N) is 3. The number of piperidine rings is 1. The van der Waals surface area contributed by atoms with Gasteiger partial charge < -0.3 is 14.6 Å². The number of hydrogen-bond acceptors (Lipinski definition) is 6. The van der Waals surface area contributed by atoms with E-state index in [0.29, 0.717) is 21.1 Å². The van der Waals surface area contributed by atoms with Gasteiger partial charge in [-0.05, 0) is 77.7 Å². The molecule has 0 radical (unpaired) electrons. The van der Waals surface area contributed by atoms with Gasteiger partial charge in [0.15, 0.2) is 11.4 Å². The van der Waals surface area contributed by atoms with E-state index in [1.54, 1.807) is 24.3 Å². The minimum Gasteiger partial charge on any atom is -0.421 e. The van der Waals surface area contributed by atoms with Crippen molar-refractivity contribution in [2.24, 2.45) is 0 Å². The van der Waals surface area contributed by atoms with Crippen molar-refractivity contribution in [3.63, 3.8) is 0 Å². The number of carbonyl (C=O) groups excluding carboxylic acids is 1. The Morgan fingerprint density at radius 2 is 1.71 bits per heavy atom. The van der Waals surface area contributed by atoms with Gasteiger partial charge in [-0.1, -0.05) is 28.1 Å². The molecule has 2 aromatic heterocycles. The molecule has 1 fully saturated rings. The molecule has 1 aliphatic heterocycles. The van der Waals surface area contributed by atoms with Crippen molar-refractivity contribution < 1.29 is 9.21 Å². The van der Waals surface area contributed by atoms with Crippen LogP contribution in [0.25, 0.3) is 22.2 Å². The molecular formula is C25H20Br2N4O3. The molecule has 34 heavy (non-hydrogen) atoms. The third-order valence-electron chi connectivity index (χ3n) is 5.77. The predicted molar refractivity (Wildman–Crippen MR) is 139 cm³/mol. The number of hydrogen-bond donors (Lipinski definition) is 1. The molecular weight excluding hydrogens is 564 g/mol. The zero-order valence-corrected chi connectivity index (χ0v) is 21.2. The van der Waals surface area contributed by atoms with Gasteiger partial charge in [-0.2, -0.15) is 0 Å². The van der Waals surface area contributed by atoms with Crippen LogP contribution in [0.2, 0.25) is 0 Å². The maximum absolute atomic E-state index is 12.8. The molecule has 5 rings (SSSR count). The Bertz CT molecular complexity index is 1410. The minimum atomic E-state index is -0.700. The first-order chi connectivity index (χ1) is 16.5. The van der Waals surface area contributed by atoms with Crippen molar-refractivity contribution in [3.8, 4) is 11.3 Å². The molecule has 0 atom stereocenters. The van der Waals surface area contributed by atoms with E-state index in [9.17, 15) is 9.59 Å². The lowest BCUT2D eigenvalue weighted by Gasteiger charge is -2.27. The van der Waals surface area contributed by atoms with E-state index in [0.717, 1.165) is 34.6 Å². The summed E-state index contributed by atoms with van der Waals surface area (Å²) in [4.78, 5) is 27.4. The number of rotatable bonds is 4. The first-order valence-electron chi connectivity index (χ1n) is 10.9. The number of amides is 1. The highest BCUT2D eigenvalue weighted by atomic mass is 79.9. The lowest BCUT2D eigenvalue weighted by Crippen LogP contribution is -2.30. The lowest BCUT2D eigenvalue weighted by molar-refractivity contribution is 0.102. The van der Waals surface area contributed by atoms with Crippen LogP contribution in [0.15, 0.2) is 72.8 Å². The second kappa shape index (κ2) is 9.68. The molecule has 0 saturated carbocycles. The van der Waals surface area contributed by atoms with Crippen LogP contribution in [-0.2, 0) is 0 Å². The SMILES string of the molecule is O=C(Nc1ccc(-c2ccc(N3CCCCC3)nn2)cc1)c1cc2cc(Br)cc(Br)c2oc1=O. The van der Waals surface area contributed by atoms with E-state index in [1.807, 2.05) is 24.3 Å². The lowest BCUT2D eigenvalue weighted by atomic mass is 10.1. The van der Waals surface area contributed by atoms with Crippen molar-refractivity contribution in [1.82, 2.24) is 10.2 Å². The fourth-order valence-electron chi connectivity index (χ4n) is 4.01. The number of aromatic nitrogens is 2. The van der Waals surface area contributed by atoms with Crippen LogP contribution in [0.4, 0.5) is 11.5 Å². The number of fused-ring (bicyclic) bond motifs is 1. The summed E-state index contributed by atoms with van der Waals surface area (Å²) in [5, 5.41) is 12.2. The number of anilines is 2. The Kier molecular flexibility index (Phi) is 6.47. The topological polar surface area (TPSA) is 88.3 Å². The van der Waals surface area contributed by atoms with E-state index in [-0.39, 0.29) is 5.56 Å². The summed E-state index contributed by atoms with van der Waals surface area (Å²) in [7, 11) is 0. The molecule has 1 N–H and O–H groups in total. The van der Waals surface area contributed by atoms with Gasteiger partial charge in [0, 0.05) is 34.2 Å². The highest BCUT2D eigenvalue weighted by Crippen LogP contribution is 2.28. The smallest absolute Gasteiger partial charge is 0.349 e. The van der Waals surface area contributed by atoms with Gasteiger partial charge >= 0.3 is 5.63 Å². The zero-order chi connectivity index (χ0) is 23.7. The summed E-state index contributed by atoms with van der Waals surface area (Å²) in [6.45, 7) is 2.04. The Hall–Kier alpha value is -3.04. The van der Waals surface area contributed by atoms with Gasteiger partial charge in [-0.3, -0.25) is 4.79 Å². The third kappa shape index (κ3) is 4.76. The Labute approximate surface area is 212 Å². The van der Waals surface area contributed by atoms with Crippen LogP contribution in [0.5, 0.6) is 0 Å². The molecule has 0 bridgehead atoms. The number of benzene rings is 2. The standard InChI is InChI=1S/C25H20Br2N4O3/c26-17-12-16-13-19(25(33)34-23(16)20(27)14-17)24(32)28-18-6-4-15(5-7-18)21-8-9-22(30-29-21)31-10-2-1-3-11-31/h4-9,12-14H,1-3,10-11H2,(H,28,32). The molecule has 9 heteroatoms. The summed E-state index contributed by atoms with van der Waals surface area (Å²) < 4.78 is 6.79. The molecule has 3 heterocycles. The summed E-state index contributed by atoms with van der Waals surface area (Å²) >= 11 is 6.78. The van der Waals surface area contributed by atoms with Crippen LogP contribution in [0.3, 0.4) is 0 Å². The number of halogens is 2. The van der Waals surface area contributed by atoms with Gasteiger partial charge in [-0.25, -0.2) is 4.79 Å². The molecule has 0 spiro atoms. The average Bonchev–Trinajstić information content (AvgIpc) is 2.85. The van der Waals surface area contributed by atoms with Gasteiger partial charge in [0.25, 0.3) is 5.91 Å². The molecule has 1 aliphatic rings. The largest absolute Gasteiger partial charge is 0.421 e. The van der Waals surface area contributed by atoms with E-state index >= 15 is 0 Å². The van der Waals surface area contributed by atoms with Crippen LogP contribution in [0.1, 0.15) is 29.6 Å². The average molecular weight is 584 g/mol. The van der Waals surface area contributed by atoms with Crippen molar-refractivity contribution in [1.29, 1.82) is 0 Å². The maximum atomic E-state index is 12.8. The highest BCUT2D eigenvalue weighted by molar-refractivity contribution is 9.11. The molecule has 1 saturated heterocycles. The summed E-state index contributed by atoms with van der Waals surface area (Å²) in [5.74, 6) is 0.366. The Morgan fingerprint density at radius 1 is 0.941 bits per heavy atom. The van der Waals surface area contributed by atoms with Gasteiger partial charge in [0.1, 0.15) is 5.56 Å². The number of carbonyl (C=O) groups is 1. The molecule has 0 unspecified atom stereocenters. The predicted octanol–water partition coefficient (Wildman–Crippen LogP) is 6.02. The monoisotopic (exact) mass is 582 g/mol. The highest BCUT2D eigenvalue weighted by Gasteiger charge is 2.16. The second-order valence-electron chi connectivity index (χ2n) is 8.11.